The average molecular weight is 333 g/mol. The minimum Gasteiger partial charge on any atom is -0.326 e. The first-order valence-corrected chi connectivity index (χ1v) is 8.85. The number of carbonyl (C=O) groups is 1. The number of unbranched alkanes of at least 4 members (excludes halogenated alkanes) is 1. The van der Waals surface area contributed by atoms with Crippen LogP contribution in [0.5, 0.6) is 0 Å². The second-order valence-electron chi connectivity index (χ2n) is 4.93. The molecule has 0 aliphatic heterocycles. The molecule has 3 N–H and O–H groups in total. The molecular weight excluding hydrogens is 312 g/mol. The summed E-state index contributed by atoms with van der Waals surface area (Å²) in [5, 5.41) is 7.79. The number of hydrogen-bond acceptors (Lipinski definition) is 3. The average Bonchev–Trinajstić information content (AvgIpc) is 2.38. The molecule has 1 amide bonds. The van der Waals surface area contributed by atoms with Gasteiger partial charge in [-0.3, -0.25) is 4.79 Å². The molecule has 1 rings (SSSR count). The van der Waals surface area contributed by atoms with E-state index in [0.29, 0.717) is 5.69 Å². The van der Waals surface area contributed by atoms with Gasteiger partial charge < -0.3 is 5.32 Å². The summed E-state index contributed by atoms with van der Waals surface area (Å²) < 4.78 is 22.5. The van der Waals surface area contributed by atoms with Gasteiger partial charge in [0.1, 0.15) is 4.90 Å². The highest BCUT2D eigenvalue weighted by atomic mass is 35.5. The van der Waals surface area contributed by atoms with Gasteiger partial charge in [0, 0.05) is 11.6 Å². The lowest BCUT2D eigenvalue weighted by Gasteiger charge is -2.15. The molecule has 1 unspecified atom stereocenters. The first-order chi connectivity index (χ1) is 9.79. The molecule has 1 aromatic carbocycles. The normalized spacial score (nSPS) is 13.0. The molecule has 0 saturated carbocycles. The lowest BCUT2D eigenvalue weighted by atomic mass is 9.98. The van der Waals surface area contributed by atoms with Crippen LogP contribution in [0.2, 0.25) is 5.02 Å². The van der Waals surface area contributed by atoms with Crippen LogP contribution in [-0.2, 0) is 14.8 Å². The van der Waals surface area contributed by atoms with Crippen molar-refractivity contribution in [1.29, 1.82) is 0 Å². The van der Waals surface area contributed by atoms with Crippen LogP contribution < -0.4 is 10.5 Å². The summed E-state index contributed by atoms with van der Waals surface area (Å²) in [7, 11) is -3.86. The van der Waals surface area contributed by atoms with E-state index in [-0.39, 0.29) is 21.7 Å². The molecule has 118 valence electrons. The number of sulfonamides is 1. The van der Waals surface area contributed by atoms with Gasteiger partial charge in [-0.2, -0.15) is 0 Å². The molecule has 0 heterocycles. The molecular formula is C14H21ClN2O3S. The number of halogens is 1. The molecule has 1 atom stereocenters. The summed E-state index contributed by atoms with van der Waals surface area (Å²) in [4.78, 5) is 12.0. The largest absolute Gasteiger partial charge is 0.326 e. The van der Waals surface area contributed by atoms with Crippen LogP contribution in [0.3, 0.4) is 0 Å². The van der Waals surface area contributed by atoms with Crippen LogP contribution >= 0.6 is 11.6 Å². The summed E-state index contributed by atoms with van der Waals surface area (Å²) in [6, 6.07) is 4.17. The third kappa shape index (κ3) is 5.30. The van der Waals surface area contributed by atoms with Crippen LogP contribution in [-0.4, -0.2) is 14.3 Å². The van der Waals surface area contributed by atoms with Gasteiger partial charge in [-0.05, 0) is 31.0 Å². The second kappa shape index (κ2) is 7.77. The van der Waals surface area contributed by atoms with E-state index in [4.69, 9.17) is 16.7 Å². The molecule has 0 aromatic heterocycles. The van der Waals surface area contributed by atoms with E-state index in [1.165, 1.54) is 18.2 Å². The number of nitrogens with two attached hydrogens (primary N) is 1. The predicted octanol–water partition coefficient (Wildman–Crippen LogP) is 3.14. The summed E-state index contributed by atoms with van der Waals surface area (Å²) in [6.45, 7) is 4.05. The van der Waals surface area contributed by atoms with Crippen LogP contribution in [0.25, 0.3) is 0 Å². The van der Waals surface area contributed by atoms with Gasteiger partial charge in [-0.1, -0.05) is 38.3 Å². The maximum atomic E-state index is 12.1. The SMILES string of the molecule is CCCCC(CC)C(=O)Nc1ccc(S(N)(=O)=O)c(Cl)c1. The lowest BCUT2D eigenvalue weighted by molar-refractivity contribution is -0.120. The Kier molecular flexibility index (Phi) is 6.64. The highest BCUT2D eigenvalue weighted by Gasteiger charge is 2.17. The third-order valence-electron chi connectivity index (χ3n) is 3.28. The number of nitrogens with one attached hydrogen (secondary N) is 1. The van der Waals surface area contributed by atoms with Gasteiger partial charge in [0.15, 0.2) is 0 Å². The predicted molar refractivity (Wildman–Crippen MR) is 84.8 cm³/mol. The van der Waals surface area contributed by atoms with E-state index in [1.807, 2.05) is 6.92 Å². The standard InChI is InChI=1S/C14H21ClN2O3S/c1-3-5-6-10(4-2)14(18)17-11-7-8-13(12(15)9-11)21(16,19)20/h7-10H,3-6H2,1-2H3,(H,17,18)(H2,16,19,20). The highest BCUT2D eigenvalue weighted by Crippen LogP contribution is 2.25. The number of benzene rings is 1. The maximum Gasteiger partial charge on any atom is 0.239 e. The first kappa shape index (κ1) is 17.9. The minimum absolute atomic E-state index is 0.00286. The molecule has 0 bridgehead atoms. The number of hydrogen-bond donors (Lipinski definition) is 2. The summed E-state index contributed by atoms with van der Waals surface area (Å²) >= 11 is 5.88. The Bertz CT molecular complexity index is 602. The number of primary sulfonamides is 1. The van der Waals surface area contributed by atoms with Gasteiger partial charge in [0.2, 0.25) is 15.9 Å². The van der Waals surface area contributed by atoms with E-state index in [1.54, 1.807) is 0 Å². The quantitative estimate of drug-likeness (QED) is 0.803. The molecule has 0 aliphatic rings. The summed E-state index contributed by atoms with van der Waals surface area (Å²) in [5.74, 6) is -0.132. The lowest BCUT2D eigenvalue weighted by Crippen LogP contribution is -2.22. The zero-order chi connectivity index (χ0) is 16.0. The second-order valence-corrected chi connectivity index (χ2v) is 6.86. The van der Waals surface area contributed by atoms with Crippen molar-refractivity contribution in [3.05, 3.63) is 23.2 Å². The molecule has 1 aromatic rings. The Balaban J connectivity index is 2.84. The molecule has 21 heavy (non-hydrogen) atoms. The van der Waals surface area contributed by atoms with E-state index >= 15 is 0 Å². The maximum absolute atomic E-state index is 12.1. The van der Waals surface area contributed by atoms with Crippen molar-refractivity contribution >= 4 is 33.2 Å². The highest BCUT2D eigenvalue weighted by molar-refractivity contribution is 7.89. The fraction of sp³-hybridized carbons (Fsp3) is 0.500. The van der Waals surface area contributed by atoms with Gasteiger partial charge in [0.05, 0.1) is 5.02 Å². The van der Waals surface area contributed by atoms with Gasteiger partial charge in [0.25, 0.3) is 0 Å². The van der Waals surface area contributed by atoms with E-state index in [2.05, 4.69) is 12.2 Å². The van der Waals surface area contributed by atoms with E-state index in [0.717, 1.165) is 25.7 Å². The van der Waals surface area contributed by atoms with Crippen molar-refractivity contribution in [1.82, 2.24) is 0 Å². The number of carbonyl (C=O) groups excluding carboxylic acids is 1. The van der Waals surface area contributed by atoms with Crippen molar-refractivity contribution in [3.8, 4) is 0 Å². The Labute approximate surface area is 130 Å². The molecule has 0 aliphatic carbocycles. The molecule has 0 fully saturated rings. The smallest absolute Gasteiger partial charge is 0.239 e. The molecule has 0 radical (unpaired) electrons. The van der Waals surface area contributed by atoms with Gasteiger partial charge in [-0.15, -0.1) is 0 Å². The van der Waals surface area contributed by atoms with Crippen molar-refractivity contribution < 1.29 is 13.2 Å². The number of anilines is 1. The fourth-order valence-electron chi connectivity index (χ4n) is 2.02. The first-order valence-electron chi connectivity index (χ1n) is 6.92. The fourth-order valence-corrected chi connectivity index (χ4v) is 3.12. The topological polar surface area (TPSA) is 89.3 Å². The molecule has 0 spiro atoms. The van der Waals surface area contributed by atoms with Crippen molar-refractivity contribution in [2.75, 3.05) is 5.32 Å². The van der Waals surface area contributed by atoms with Crippen LogP contribution in [0.4, 0.5) is 5.69 Å². The monoisotopic (exact) mass is 332 g/mol. The van der Waals surface area contributed by atoms with Crippen LogP contribution in [0.1, 0.15) is 39.5 Å². The zero-order valence-corrected chi connectivity index (χ0v) is 13.8. The van der Waals surface area contributed by atoms with Gasteiger partial charge in [-0.25, -0.2) is 13.6 Å². The Morgan fingerprint density at radius 1 is 1.38 bits per heavy atom. The van der Waals surface area contributed by atoms with E-state index < -0.39 is 10.0 Å². The number of rotatable bonds is 7. The molecule has 7 heteroatoms. The minimum atomic E-state index is -3.86. The summed E-state index contributed by atoms with van der Waals surface area (Å²) in [5.41, 5.74) is 0.465. The van der Waals surface area contributed by atoms with Gasteiger partial charge >= 0.3 is 0 Å². The van der Waals surface area contributed by atoms with Crippen molar-refractivity contribution in [2.24, 2.45) is 11.1 Å². The molecule has 0 saturated heterocycles. The Morgan fingerprint density at radius 2 is 2.05 bits per heavy atom. The van der Waals surface area contributed by atoms with Crippen LogP contribution in [0.15, 0.2) is 23.1 Å². The van der Waals surface area contributed by atoms with Crippen molar-refractivity contribution in [3.63, 3.8) is 0 Å². The molecule has 5 nitrogen and oxygen atoms in total. The van der Waals surface area contributed by atoms with E-state index in [9.17, 15) is 13.2 Å². The zero-order valence-electron chi connectivity index (χ0n) is 12.2. The third-order valence-corrected chi connectivity index (χ3v) is 4.67. The number of amides is 1. The van der Waals surface area contributed by atoms with Crippen molar-refractivity contribution in [2.45, 2.75) is 44.4 Å². The van der Waals surface area contributed by atoms with Crippen LogP contribution in [0, 0.1) is 5.92 Å². The Hall–Kier alpha value is -1.11. The summed E-state index contributed by atoms with van der Waals surface area (Å²) in [6.07, 6.45) is 3.63. The Morgan fingerprint density at radius 3 is 2.52 bits per heavy atom.